The maximum absolute atomic E-state index is 12.5. The van der Waals surface area contributed by atoms with E-state index in [1.54, 1.807) is 0 Å². The van der Waals surface area contributed by atoms with Crippen LogP contribution in [-0.2, 0) is 9.47 Å². The van der Waals surface area contributed by atoms with E-state index in [2.05, 4.69) is 6.58 Å². The first kappa shape index (κ1) is 14.4. The average molecular weight is 252 g/mol. The molecule has 1 aliphatic carbocycles. The van der Waals surface area contributed by atoms with Crippen molar-refractivity contribution in [3.63, 3.8) is 0 Å². The van der Waals surface area contributed by atoms with Gasteiger partial charge in [-0.15, -0.1) is 0 Å². The molecule has 1 rings (SSSR count). The van der Waals surface area contributed by atoms with E-state index < -0.39 is 19.2 Å². The Balaban J connectivity index is 2.12. The molecule has 0 aliphatic heterocycles. The zero-order valence-electron chi connectivity index (χ0n) is 9.84. The topological polar surface area (TPSA) is 18.5 Å². The molecule has 0 bridgehead atoms. The SMILES string of the molecule is C=COC1CCC(COCC(F)(F)CF)CC1. The first-order valence-electron chi connectivity index (χ1n) is 5.85. The van der Waals surface area contributed by atoms with Crippen LogP contribution in [0.1, 0.15) is 25.7 Å². The highest BCUT2D eigenvalue weighted by Crippen LogP contribution is 2.27. The highest BCUT2D eigenvalue weighted by molar-refractivity contribution is 4.74. The van der Waals surface area contributed by atoms with Gasteiger partial charge >= 0.3 is 0 Å². The van der Waals surface area contributed by atoms with Gasteiger partial charge in [0.15, 0.2) is 6.67 Å². The van der Waals surface area contributed by atoms with E-state index in [-0.39, 0.29) is 18.6 Å². The second-order valence-corrected chi connectivity index (χ2v) is 4.45. The first-order chi connectivity index (χ1) is 8.07. The molecule has 5 heteroatoms. The maximum atomic E-state index is 12.5. The molecule has 1 fully saturated rings. The van der Waals surface area contributed by atoms with Crippen LogP contribution in [0.3, 0.4) is 0 Å². The first-order valence-corrected chi connectivity index (χ1v) is 5.85. The van der Waals surface area contributed by atoms with Crippen molar-refractivity contribution in [1.82, 2.24) is 0 Å². The van der Waals surface area contributed by atoms with Crippen molar-refractivity contribution in [2.45, 2.75) is 37.7 Å². The summed E-state index contributed by atoms with van der Waals surface area (Å²) < 4.78 is 47.0. The van der Waals surface area contributed by atoms with Crippen LogP contribution >= 0.6 is 0 Å². The highest BCUT2D eigenvalue weighted by Gasteiger charge is 2.30. The van der Waals surface area contributed by atoms with Crippen LogP contribution in [0.15, 0.2) is 12.8 Å². The fourth-order valence-electron chi connectivity index (χ4n) is 1.98. The fourth-order valence-corrected chi connectivity index (χ4v) is 1.98. The molecule has 17 heavy (non-hydrogen) atoms. The van der Waals surface area contributed by atoms with Gasteiger partial charge in [-0.3, -0.25) is 0 Å². The molecule has 0 aromatic heterocycles. The van der Waals surface area contributed by atoms with Crippen molar-refractivity contribution < 1.29 is 22.6 Å². The van der Waals surface area contributed by atoms with Gasteiger partial charge in [-0.25, -0.2) is 13.2 Å². The number of halogens is 3. The minimum Gasteiger partial charge on any atom is -0.499 e. The van der Waals surface area contributed by atoms with Crippen molar-refractivity contribution in [3.8, 4) is 0 Å². The molecule has 100 valence electrons. The van der Waals surface area contributed by atoms with E-state index in [1.807, 2.05) is 0 Å². The summed E-state index contributed by atoms with van der Waals surface area (Å²) in [5.74, 6) is -3.07. The lowest BCUT2D eigenvalue weighted by molar-refractivity contribution is -0.0980. The van der Waals surface area contributed by atoms with Gasteiger partial charge in [0.2, 0.25) is 0 Å². The highest BCUT2D eigenvalue weighted by atomic mass is 19.3. The zero-order chi connectivity index (χ0) is 12.7. The van der Waals surface area contributed by atoms with Crippen LogP contribution in [0.5, 0.6) is 0 Å². The van der Waals surface area contributed by atoms with E-state index in [9.17, 15) is 13.2 Å². The Bertz CT molecular complexity index is 226. The van der Waals surface area contributed by atoms with Gasteiger partial charge < -0.3 is 9.47 Å². The van der Waals surface area contributed by atoms with Gasteiger partial charge in [0.25, 0.3) is 5.92 Å². The molecule has 0 spiro atoms. The Labute approximate surface area is 99.8 Å². The van der Waals surface area contributed by atoms with Crippen molar-refractivity contribution in [2.75, 3.05) is 19.9 Å². The molecule has 0 heterocycles. The van der Waals surface area contributed by atoms with Gasteiger partial charge in [-0.05, 0) is 31.6 Å². The van der Waals surface area contributed by atoms with E-state index in [0.29, 0.717) is 0 Å². The Morgan fingerprint density at radius 3 is 2.41 bits per heavy atom. The molecule has 0 radical (unpaired) electrons. The third kappa shape index (κ3) is 5.44. The number of rotatable bonds is 7. The second-order valence-electron chi connectivity index (χ2n) is 4.45. The molecular weight excluding hydrogens is 233 g/mol. The quantitative estimate of drug-likeness (QED) is 0.647. The predicted molar refractivity (Wildman–Crippen MR) is 58.8 cm³/mol. The summed E-state index contributed by atoms with van der Waals surface area (Å²) in [5.41, 5.74) is 0. The normalized spacial score (nSPS) is 25.6. The minimum atomic E-state index is -3.34. The molecule has 1 aliphatic rings. The average Bonchev–Trinajstić information content (AvgIpc) is 2.32. The maximum Gasteiger partial charge on any atom is 0.298 e. The van der Waals surface area contributed by atoms with Gasteiger partial charge in [0.1, 0.15) is 6.61 Å². The Morgan fingerprint density at radius 2 is 1.88 bits per heavy atom. The molecule has 1 saturated carbocycles. The fraction of sp³-hybridized carbons (Fsp3) is 0.833. The molecule has 0 N–H and O–H groups in total. The summed E-state index contributed by atoms with van der Waals surface area (Å²) in [5, 5.41) is 0. The van der Waals surface area contributed by atoms with Gasteiger partial charge in [-0.1, -0.05) is 6.58 Å². The Hall–Kier alpha value is -0.710. The number of ether oxygens (including phenoxy) is 2. The Morgan fingerprint density at radius 1 is 1.24 bits per heavy atom. The van der Waals surface area contributed by atoms with E-state index >= 15 is 0 Å². The van der Waals surface area contributed by atoms with Crippen molar-refractivity contribution in [1.29, 1.82) is 0 Å². The van der Waals surface area contributed by atoms with Gasteiger partial charge in [0, 0.05) is 6.61 Å². The summed E-state index contributed by atoms with van der Waals surface area (Å²) in [4.78, 5) is 0. The standard InChI is InChI=1S/C12H19F3O2/c1-2-17-11-5-3-10(4-6-11)7-16-9-12(14,15)8-13/h2,10-11H,1,3-9H2. The van der Waals surface area contributed by atoms with E-state index in [4.69, 9.17) is 9.47 Å². The molecular formula is C12H19F3O2. The van der Waals surface area contributed by atoms with Crippen LogP contribution in [-0.4, -0.2) is 31.9 Å². The lowest BCUT2D eigenvalue weighted by Crippen LogP contribution is -2.29. The van der Waals surface area contributed by atoms with Crippen molar-refractivity contribution in [3.05, 3.63) is 12.8 Å². The summed E-state index contributed by atoms with van der Waals surface area (Å²) in [6.45, 7) is 1.28. The van der Waals surface area contributed by atoms with Crippen LogP contribution in [0.25, 0.3) is 0 Å². The van der Waals surface area contributed by atoms with Crippen LogP contribution in [0, 0.1) is 5.92 Å². The Kier molecular flexibility index (Phi) is 5.82. The summed E-state index contributed by atoms with van der Waals surface area (Å²) >= 11 is 0. The van der Waals surface area contributed by atoms with E-state index in [1.165, 1.54) is 6.26 Å². The third-order valence-electron chi connectivity index (χ3n) is 2.94. The van der Waals surface area contributed by atoms with Crippen LogP contribution in [0.2, 0.25) is 0 Å². The molecule has 0 saturated heterocycles. The van der Waals surface area contributed by atoms with Crippen LogP contribution in [0.4, 0.5) is 13.2 Å². The third-order valence-corrected chi connectivity index (χ3v) is 2.94. The van der Waals surface area contributed by atoms with Gasteiger partial charge in [0.05, 0.1) is 12.4 Å². The van der Waals surface area contributed by atoms with Crippen LogP contribution < -0.4 is 0 Å². The lowest BCUT2D eigenvalue weighted by atomic mass is 9.88. The smallest absolute Gasteiger partial charge is 0.298 e. The van der Waals surface area contributed by atoms with Crippen molar-refractivity contribution in [2.24, 2.45) is 5.92 Å². The lowest BCUT2D eigenvalue weighted by Gasteiger charge is -2.28. The predicted octanol–water partition coefficient (Wildman–Crippen LogP) is 3.33. The van der Waals surface area contributed by atoms with Crippen molar-refractivity contribution >= 4 is 0 Å². The molecule has 0 aromatic rings. The molecule has 2 nitrogen and oxygen atoms in total. The monoisotopic (exact) mass is 252 g/mol. The van der Waals surface area contributed by atoms with E-state index in [0.717, 1.165) is 25.7 Å². The molecule has 0 amide bonds. The summed E-state index contributed by atoms with van der Waals surface area (Å²) in [6, 6.07) is 0. The zero-order valence-corrected chi connectivity index (χ0v) is 9.84. The summed E-state index contributed by atoms with van der Waals surface area (Å²) in [7, 11) is 0. The molecule has 0 unspecified atom stereocenters. The number of hydrogen-bond acceptors (Lipinski definition) is 2. The summed E-state index contributed by atoms with van der Waals surface area (Å²) in [6.07, 6.45) is 5.18. The molecule has 0 aromatic carbocycles. The minimum absolute atomic E-state index is 0.191. The largest absolute Gasteiger partial charge is 0.499 e. The number of alkyl halides is 3. The van der Waals surface area contributed by atoms with Gasteiger partial charge in [-0.2, -0.15) is 0 Å². The molecule has 0 atom stereocenters. The number of hydrogen-bond donors (Lipinski definition) is 0. The second kappa shape index (κ2) is 6.89.